The number of aromatic nitrogens is 3. The molecule has 3 N–H and O–H groups in total. The Kier molecular flexibility index (Phi) is 7.80. The fourth-order valence-electron chi connectivity index (χ4n) is 3.42. The number of rotatable bonds is 10. The van der Waals surface area contributed by atoms with E-state index in [1.165, 1.54) is 44.9 Å². The number of hydrogen-bond acceptors (Lipinski definition) is 10. The van der Waals surface area contributed by atoms with Crippen LogP contribution in [0.4, 0.5) is 14.5 Å². The maximum Gasteiger partial charge on any atom is 0.258 e. The lowest BCUT2D eigenvalue weighted by Gasteiger charge is -2.18. The molecule has 0 saturated carbocycles. The molecule has 4 rings (SSSR count). The first-order valence-electron chi connectivity index (χ1n) is 11.0. The molecule has 10 nitrogen and oxygen atoms in total. The van der Waals surface area contributed by atoms with Crippen LogP contribution in [0.2, 0.25) is 0 Å². The summed E-state index contributed by atoms with van der Waals surface area (Å²) in [5.41, 5.74) is 0.718. The Morgan fingerprint density at radius 2 is 1.70 bits per heavy atom. The minimum atomic E-state index is -1.35. The van der Waals surface area contributed by atoms with Crippen LogP contribution in [0.3, 0.4) is 0 Å². The minimum Gasteiger partial charge on any atom is -0.496 e. The summed E-state index contributed by atoms with van der Waals surface area (Å²) in [5.74, 6) is -2.08. The van der Waals surface area contributed by atoms with Gasteiger partial charge in [-0.05, 0) is 13.0 Å². The van der Waals surface area contributed by atoms with E-state index in [1.807, 2.05) is 0 Å². The van der Waals surface area contributed by atoms with Gasteiger partial charge < -0.3 is 34.5 Å². The predicted octanol–water partition coefficient (Wildman–Crippen LogP) is 3.98. The summed E-state index contributed by atoms with van der Waals surface area (Å²) in [7, 11) is 2.84. The summed E-state index contributed by atoms with van der Waals surface area (Å²) in [5, 5.41) is 22.4. The Morgan fingerprint density at radius 1 is 1.00 bits per heavy atom. The molecule has 0 fully saturated rings. The van der Waals surface area contributed by atoms with Crippen LogP contribution < -0.4 is 24.3 Å². The monoisotopic (exact) mass is 514 g/mol. The number of aliphatic hydroxyl groups excluding tert-OH is 2. The summed E-state index contributed by atoms with van der Waals surface area (Å²) in [4.78, 5) is 12.5. The second kappa shape index (κ2) is 11.2. The average molecular weight is 514 g/mol. The maximum absolute atomic E-state index is 15.0. The number of nitrogens with zero attached hydrogens (tertiary/aromatic N) is 3. The first-order chi connectivity index (χ1) is 17.8. The highest BCUT2D eigenvalue weighted by molar-refractivity contribution is 5.83. The molecule has 0 aliphatic rings. The number of nitrogens with one attached hydrogen (secondary N) is 1. The summed E-state index contributed by atoms with van der Waals surface area (Å²) >= 11 is 0. The van der Waals surface area contributed by atoms with Crippen molar-refractivity contribution < 1.29 is 37.9 Å². The molecular formula is C25H24F2N4O6. The highest BCUT2D eigenvalue weighted by atomic mass is 19.1. The number of aliphatic hydroxyl groups is 2. The number of benzene rings is 1. The molecule has 194 valence electrons. The lowest BCUT2D eigenvalue weighted by molar-refractivity contribution is 0.122. The quantitative estimate of drug-likeness (QED) is 0.267. The van der Waals surface area contributed by atoms with Crippen LogP contribution in [0.5, 0.6) is 28.9 Å². The molecule has 0 saturated heterocycles. The first kappa shape index (κ1) is 25.8. The zero-order valence-corrected chi connectivity index (χ0v) is 20.1. The van der Waals surface area contributed by atoms with Gasteiger partial charge in [0, 0.05) is 48.5 Å². The van der Waals surface area contributed by atoms with Crippen molar-refractivity contribution in [3.05, 3.63) is 66.1 Å². The minimum absolute atomic E-state index is 0.00722. The fraction of sp³-hybridized carbons (Fsp3) is 0.240. The SMILES string of the molecule is COc1ccncc1C(O)Nc1cc(F)c(Oc2ccnc3cc(OC)c(O[C@@H](C)CO)nc23)c(F)c1. The van der Waals surface area contributed by atoms with Crippen molar-refractivity contribution >= 4 is 16.7 Å². The summed E-state index contributed by atoms with van der Waals surface area (Å²) in [6, 6.07) is 6.42. The van der Waals surface area contributed by atoms with E-state index in [0.29, 0.717) is 11.3 Å². The van der Waals surface area contributed by atoms with Crippen LogP contribution in [-0.4, -0.2) is 52.1 Å². The van der Waals surface area contributed by atoms with Crippen molar-refractivity contribution in [1.29, 1.82) is 0 Å². The highest BCUT2D eigenvalue weighted by Gasteiger charge is 2.20. The molecule has 37 heavy (non-hydrogen) atoms. The smallest absolute Gasteiger partial charge is 0.258 e. The average Bonchev–Trinajstić information content (AvgIpc) is 2.90. The highest BCUT2D eigenvalue weighted by Crippen LogP contribution is 2.37. The van der Waals surface area contributed by atoms with Gasteiger partial charge in [0.1, 0.15) is 17.4 Å². The van der Waals surface area contributed by atoms with Crippen molar-refractivity contribution in [1.82, 2.24) is 15.0 Å². The van der Waals surface area contributed by atoms with E-state index in [9.17, 15) is 19.0 Å². The number of hydrogen-bond donors (Lipinski definition) is 3. The van der Waals surface area contributed by atoms with Crippen molar-refractivity contribution in [3.8, 4) is 28.9 Å². The molecule has 0 aliphatic heterocycles. The van der Waals surface area contributed by atoms with Gasteiger partial charge >= 0.3 is 0 Å². The van der Waals surface area contributed by atoms with Crippen LogP contribution >= 0.6 is 0 Å². The topological polar surface area (TPSA) is 128 Å². The van der Waals surface area contributed by atoms with Crippen LogP contribution in [0, 0.1) is 11.6 Å². The Bertz CT molecular complexity index is 1380. The summed E-state index contributed by atoms with van der Waals surface area (Å²) < 4.78 is 51.6. The largest absolute Gasteiger partial charge is 0.496 e. The molecule has 2 atom stereocenters. The fourth-order valence-corrected chi connectivity index (χ4v) is 3.42. The van der Waals surface area contributed by atoms with Crippen molar-refractivity contribution in [2.24, 2.45) is 0 Å². The number of pyridine rings is 3. The molecular weight excluding hydrogens is 490 g/mol. The van der Waals surface area contributed by atoms with Crippen LogP contribution in [0.15, 0.2) is 48.9 Å². The molecule has 12 heteroatoms. The molecule has 4 aromatic rings. The normalized spacial score (nSPS) is 12.6. The molecule has 0 radical (unpaired) electrons. The zero-order valence-electron chi connectivity index (χ0n) is 20.1. The molecule has 0 amide bonds. The van der Waals surface area contributed by atoms with Crippen molar-refractivity contribution in [2.75, 3.05) is 26.1 Å². The van der Waals surface area contributed by atoms with Gasteiger partial charge in [-0.15, -0.1) is 0 Å². The van der Waals surface area contributed by atoms with Gasteiger partial charge in [-0.2, -0.15) is 0 Å². The summed E-state index contributed by atoms with van der Waals surface area (Å²) in [6.45, 7) is 1.37. The van der Waals surface area contributed by atoms with Gasteiger partial charge in [0.2, 0.25) is 0 Å². The Balaban J connectivity index is 1.64. The zero-order chi connectivity index (χ0) is 26.5. The van der Waals surface area contributed by atoms with Gasteiger partial charge in [0.15, 0.2) is 35.1 Å². The third-order valence-electron chi connectivity index (χ3n) is 5.24. The molecule has 1 unspecified atom stereocenters. The summed E-state index contributed by atoms with van der Waals surface area (Å²) in [6.07, 6.45) is 2.31. The number of halogens is 2. The molecule has 1 aromatic carbocycles. The van der Waals surface area contributed by atoms with Gasteiger partial charge in [0.05, 0.1) is 31.9 Å². The third-order valence-corrected chi connectivity index (χ3v) is 5.24. The molecule has 0 spiro atoms. The van der Waals surface area contributed by atoms with Crippen molar-refractivity contribution in [3.63, 3.8) is 0 Å². The van der Waals surface area contributed by atoms with E-state index in [2.05, 4.69) is 20.3 Å². The lowest BCUT2D eigenvalue weighted by atomic mass is 10.2. The number of methoxy groups -OCH3 is 2. The van der Waals surface area contributed by atoms with Crippen LogP contribution in [-0.2, 0) is 0 Å². The number of anilines is 1. The van der Waals surface area contributed by atoms with Gasteiger partial charge in [-0.25, -0.2) is 13.8 Å². The van der Waals surface area contributed by atoms with E-state index in [-0.39, 0.29) is 40.8 Å². The van der Waals surface area contributed by atoms with Crippen molar-refractivity contribution in [2.45, 2.75) is 19.3 Å². The van der Waals surface area contributed by atoms with E-state index in [4.69, 9.17) is 18.9 Å². The van der Waals surface area contributed by atoms with Crippen LogP contribution in [0.25, 0.3) is 11.0 Å². The van der Waals surface area contributed by atoms with E-state index >= 15 is 0 Å². The second-order valence-corrected chi connectivity index (χ2v) is 7.82. The molecule has 3 heterocycles. The van der Waals surface area contributed by atoms with E-state index in [0.717, 1.165) is 12.1 Å². The second-order valence-electron chi connectivity index (χ2n) is 7.82. The van der Waals surface area contributed by atoms with Crippen LogP contribution in [0.1, 0.15) is 18.7 Å². The van der Waals surface area contributed by atoms with E-state index in [1.54, 1.807) is 13.0 Å². The molecule has 3 aromatic heterocycles. The molecule has 0 aliphatic carbocycles. The molecule has 0 bridgehead atoms. The Hall–Kier alpha value is -4.29. The predicted molar refractivity (Wildman–Crippen MR) is 129 cm³/mol. The Morgan fingerprint density at radius 3 is 2.38 bits per heavy atom. The third kappa shape index (κ3) is 5.60. The number of ether oxygens (including phenoxy) is 4. The van der Waals surface area contributed by atoms with Gasteiger partial charge in [-0.1, -0.05) is 0 Å². The lowest BCUT2D eigenvalue weighted by Crippen LogP contribution is -2.17. The van der Waals surface area contributed by atoms with Gasteiger partial charge in [-0.3, -0.25) is 9.97 Å². The Labute approximate surface area is 210 Å². The first-order valence-corrected chi connectivity index (χ1v) is 11.0. The number of fused-ring (bicyclic) bond motifs is 1. The standard InChI is InChI=1S/C25H24F2N4O6/c1-13(12-32)36-25-21(35-3)10-18-22(31-25)20(5-7-29-18)37-23-16(26)8-14(9-17(23)27)30-24(33)15-11-28-6-4-19(15)34-2/h4-11,13,24,30,32-33H,12H2,1-3H3/t13-,24?/m0/s1. The maximum atomic E-state index is 15.0. The van der Waals surface area contributed by atoms with Gasteiger partial charge in [0.25, 0.3) is 5.88 Å². The van der Waals surface area contributed by atoms with E-state index < -0.39 is 29.7 Å².